The highest BCUT2D eigenvalue weighted by Crippen LogP contribution is 2.27. The fraction of sp³-hybridized carbons (Fsp3) is 0.125. The second-order valence-electron chi connectivity index (χ2n) is 4.49. The van der Waals surface area contributed by atoms with Crippen LogP contribution in [0.4, 0.5) is 5.69 Å². The summed E-state index contributed by atoms with van der Waals surface area (Å²) in [4.78, 5) is 6.68. The van der Waals surface area contributed by atoms with E-state index in [0.717, 1.165) is 27.5 Å². The first kappa shape index (κ1) is 13.3. The number of nitrogens with zero attached hydrogens (tertiary/aromatic N) is 1. The molecule has 2 nitrogen and oxygen atoms in total. The maximum Gasteiger partial charge on any atom is 0.102 e. The van der Waals surface area contributed by atoms with Crippen molar-refractivity contribution in [2.45, 2.75) is 4.90 Å². The fourth-order valence-electron chi connectivity index (χ4n) is 2.22. The quantitative estimate of drug-likeness (QED) is 0.670. The molecule has 0 fully saturated rings. The van der Waals surface area contributed by atoms with E-state index in [4.69, 9.17) is 17.2 Å². The maximum absolute atomic E-state index is 5.31. The van der Waals surface area contributed by atoms with Gasteiger partial charge in [-0.2, -0.15) is 0 Å². The Morgan fingerprint density at radius 1 is 1.15 bits per heavy atom. The van der Waals surface area contributed by atoms with Crippen LogP contribution in [0, 0.1) is 0 Å². The van der Waals surface area contributed by atoms with E-state index in [0.29, 0.717) is 6.54 Å². The van der Waals surface area contributed by atoms with Gasteiger partial charge in [0.2, 0.25) is 0 Å². The Labute approximate surface area is 128 Å². The lowest BCUT2D eigenvalue weighted by atomic mass is 10.0. The number of hydrogen-bond acceptors (Lipinski definition) is 3. The summed E-state index contributed by atoms with van der Waals surface area (Å²) in [6, 6.07) is 16.6. The van der Waals surface area contributed by atoms with Gasteiger partial charge in [-0.3, -0.25) is 4.99 Å². The second kappa shape index (κ2) is 5.77. The van der Waals surface area contributed by atoms with Crippen molar-refractivity contribution in [2.75, 3.05) is 18.1 Å². The number of rotatable bonds is 2. The van der Waals surface area contributed by atoms with Gasteiger partial charge in [0.05, 0.1) is 12.3 Å². The predicted octanol–water partition coefficient (Wildman–Crippen LogP) is 4.00. The van der Waals surface area contributed by atoms with Gasteiger partial charge in [-0.25, -0.2) is 0 Å². The molecule has 0 atom stereocenters. The molecule has 0 spiro atoms. The van der Waals surface area contributed by atoms with Gasteiger partial charge in [0.25, 0.3) is 0 Å². The van der Waals surface area contributed by atoms with E-state index in [1.165, 1.54) is 4.90 Å². The summed E-state index contributed by atoms with van der Waals surface area (Å²) in [7, 11) is 0. The van der Waals surface area contributed by atoms with E-state index >= 15 is 0 Å². The van der Waals surface area contributed by atoms with Crippen molar-refractivity contribution >= 4 is 40.4 Å². The summed E-state index contributed by atoms with van der Waals surface area (Å²) in [6.07, 6.45) is 2.08. The van der Waals surface area contributed by atoms with E-state index in [9.17, 15) is 0 Å². The van der Waals surface area contributed by atoms with Crippen LogP contribution < -0.4 is 5.32 Å². The number of hydrogen-bond donors (Lipinski definition) is 1. The standard InChI is InChI=1S/C16H14N2S2/c1-20-12-7-8-14-13(9-12)16(17-10-15(19)18-14)11-5-3-2-4-6-11/h2-9H,10H2,1H3,(H,18,19). The van der Waals surface area contributed by atoms with Gasteiger partial charge >= 0.3 is 0 Å². The Hall–Kier alpha value is -1.65. The van der Waals surface area contributed by atoms with Crippen LogP contribution in [0.2, 0.25) is 0 Å². The number of anilines is 1. The van der Waals surface area contributed by atoms with Gasteiger partial charge in [-0.05, 0) is 24.5 Å². The zero-order chi connectivity index (χ0) is 13.9. The monoisotopic (exact) mass is 298 g/mol. The zero-order valence-electron chi connectivity index (χ0n) is 11.1. The van der Waals surface area contributed by atoms with Crippen LogP contribution in [0.1, 0.15) is 11.1 Å². The van der Waals surface area contributed by atoms with Crippen LogP contribution in [0.3, 0.4) is 0 Å². The minimum absolute atomic E-state index is 0.531. The first-order valence-electron chi connectivity index (χ1n) is 6.36. The van der Waals surface area contributed by atoms with Crippen molar-refractivity contribution in [3.63, 3.8) is 0 Å². The highest BCUT2D eigenvalue weighted by molar-refractivity contribution is 7.98. The molecule has 0 saturated carbocycles. The molecule has 0 aliphatic carbocycles. The van der Waals surface area contributed by atoms with Crippen LogP contribution in [0.15, 0.2) is 58.4 Å². The first-order chi connectivity index (χ1) is 9.78. The number of benzodiazepines with no additional fused rings is 1. The third-order valence-corrected chi connectivity index (χ3v) is 4.14. The summed E-state index contributed by atoms with van der Waals surface area (Å²) in [6.45, 7) is 0.531. The lowest BCUT2D eigenvalue weighted by molar-refractivity contribution is 1.31. The fourth-order valence-corrected chi connectivity index (χ4v) is 2.84. The minimum Gasteiger partial charge on any atom is -0.348 e. The van der Waals surface area contributed by atoms with Gasteiger partial charge in [0, 0.05) is 21.7 Å². The van der Waals surface area contributed by atoms with Gasteiger partial charge in [0.15, 0.2) is 0 Å². The topological polar surface area (TPSA) is 24.4 Å². The van der Waals surface area contributed by atoms with Crippen LogP contribution >= 0.6 is 24.0 Å². The molecule has 0 unspecified atom stereocenters. The summed E-state index contributed by atoms with van der Waals surface area (Å²) in [5.41, 5.74) is 4.28. The Morgan fingerprint density at radius 2 is 1.95 bits per heavy atom. The minimum atomic E-state index is 0.531. The summed E-state index contributed by atoms with van der Waals surface area (Å²) >= 11 is 7.04. The summed E-state index contributed by atoms with van der Waals surface area (Å²) in [5.74, 6) is 0. The third-order valence-electron chi connectivity index (χ3n) is 3.18. The SMILES string of the molecule is CSc1ccc2c(c1)C(c1ccccc1)=NCC(=S)N2. The molecule has 4 heteroatoms. The number of aliphatic imine (C=N–C) groups is 1. The number of fused-ring (bicyclic) bond motifs is 1. The molecule has 1 heterocycles. The van der Waals surface area contributed by atoms with Crippen molar-refractivity contribution in [2.24, 2.45) is 4.99 Å². The van der Waals surface area contributed by atoms with Gasteiger partial charge in [-0.1, -0.05) is 42.5 Å². The van der Waals surface area contributed by atoms with Gasteiger partial charge in [0.1, 0.15) is 4.99 Å². The molecule has 100 valence electrons. The highest BCUT2D eigenvalue weighted by Gasteiger charge is 2.16. The highest BCUT2D eigenvalue weighted by atomic mass is 32.2. The van der Waals surface area contributed by atoms with Gasteiger partial charge in [-0.15, -0.1) is 11.8 Å². The van der Waals surface area contributed by atoms with E-state index in [1.54, 1.807) is 11.8 Å². The predicted molar refractivity (Wildman–Crippen MR) is 91.4 cm³/mol. The Morgan fingerprint density at radius 3 is 2.70 bits per heavy atom. The van der Waals surface area contributed by atoms with E-state index < -0.39 is 0 Å². The average molecular weight is 298 g/mol. The summed E-state index contributed by atoms with van der Waals surface area (Å²) in [5, 5.41) is 3.28. The van der Waals surface area contributed by atoms with E-state index in [1.807, 2.05) is 18.2 Å². The largest absolute Gasteiger partial charge is 0.348 e. The molecular weight excluding hydrogens is 284 g/mol. The van der Waals surface area contributed by atoms with Crippen molar-refractivity contribution < 1.29 is 0 Å². The second-order valence-corrected chi connectivity index (χ2v) is 5.86. The molecule has 1 aliphatic heterocycles. The number of nitrogens with one attached hydrogen (secondary N) is 1. The van der Waals surface area contributed by atoms with Gasteiger partial charge < -0.3 is 5.32 Å². The van der Waals surface area contributed by atoms with Crippen molar-refractivity contribution in [3.8, 4) is 0 Å². The number of thiocarbonyl (C=S) groups is 1. The van der Waals surface area contributed by atoms with E-state index in [-0.39, 0.29) is 0 Å². The lowest BCUT2D eigenvalue weighted by Gasteiger charge is -2.11. The van der Waals surface area contributed by atoms with Crippen molar-refractivity contribution in [1.29, 1.82) is 0 Å². The Bertz CT molecular complexity index is 678. The first-order valence-corrected chi connectivity index (χ1v) is 7.99. The molecule has 3 rings (SSSR count). The van der Waals surface area contributed by atoms with Crippen LogP contribution in [-0.2, 0) is 0 Å². The molecule has 0 radical (unpaired) electrons. The average Bonchev–Trinajstić information content (AvgIpc) is 2.65. The van der Waals surface area contributed by atoms with E-state index in [2.05, 4.69) is 41.9 Å². The molecule has 2 aromatic carbocycles. The van der Waals surface area contributed by atoms with Crippen molar-refractivity contribution in [1.82, 2.24) is 0 Å². The zero-order valence-corrected chi connectivity index (χ0v) is 12.7. The molecule has 1 N–H and O–H groups in total. The van der Waals surface area contributed by atoms with Crippen LogP contribution in [-0.4, -0.2) is 23.5 Å². The molecule has 1 aliphatic rings. The molecule has 2 aromatic rings. The molecule has 0 aromatic heterocycles. The van der Waals surface area contributed by atoms with Crippen molar-refractivity contribution in [3.05, 3.63) is 59.7 Å². The van der Waals surface area contributed by atoms with Crippen LogP contribution in [0.5, 0.6) is 0 Å². The molecule has 0 saturated heterocycles. The molecule has 0 bridgehead atoms. The maximum atomic E-state index is 5.31. The number of benzene rings is 2. The molecular formula is C16H14N2S2. The van der Waals surface area contributed by atoms with Crippen LogP contribution in [0.25, 0.3) is 0 Å². The smallest absolute Gasteiger partial charge is 0.102 e. The summed E-state index contributed by atoms with van der Waals surface area (Å²) < 4.78 is 0. The molecule has 20 heavy (non-hydrogen) atoms. The third kappa shape index (κ3) is 2.62. The Balaban J connectivity index is 2.18. The molecule has 0 amide bonds. The number of thioether (sulfide) groups is 1. The lowest BCUT2D eigenvalue weighted by Crippen LogP contribution is -2.10. The Kier molecular flexibility index (Phi) is 3.85. The normalized spacial score (nSPS) is 14.1.